The monoisotopic (exact) mass is 336 g/mol. The molecule has 0 atom stereocenters. The van der Waals surface area contributed by atoms with Crippen molar-refractivity contribution < 1.29 is 14.6 Å². The first kappa shape index (κ1) is 17.5. The van der Waals surface area contributed by atoms with Crippen molar-refractivity contribution in [3.63, 3.8) is 0 Å². The van der Waals surface area contributed by atoms with Crippen LogP contribution in [-0.4, -0.2) is 84.7 Å². The van der Waals surface area contributed by atoms with Gasteiger partial charge in [-0.25, -0.2) is 9.97 Å². The molecule has 2 saturated heterocycles. The predicted molar refractivity (Wildman–Crippen MR) is 91.2 cm³/mol. The van der Waals surface area contributed by atoms with Gasteiger partial charge in [0.25, 0.3) is 0 Å². The standard InChI is InChI=1S/C17H28N4O3/c1-14-9-16(19-13-18-14)20(2)15-3-5-21(6-4-15)10-17(22)11-23-7-8-24-12-17/h9,13,15,22H,3-8,10-12H2,1-2H3. The Morgan fingerprint density at radius 3 is 2.54 bits per heavy atom. The van der Waals surface area contributed by atoms with Gasteiger partial charge in [-0.3, -0.25) is 0 Å². The first-order chi connectivity index (χ1) is 11.6. The lowest BCUT2D eigenvalue weighted by Gasteiger charge is -2.40. The van der Waals surface area contributed by atoms with Crippen LogP contribution in [0.1, 0.15) is 18.5 Å². The highest BCUT2D eigenvalue weighted by atomic mass is 16.6. The lowest BCUT2D eigenvalue weighted by Crippen LogP contribution is -2.52. The van der Waals surface area contributed by atoms with E-state index in [1.54, 1.807) is 6.33 Å². The van der Waals surface area contributed by atoms with Gasteiger partial charge in [0.1, 0.15) is 17.7 Å². The van der Waals surface area contributed by atoms with Crippen molar-refractivity contribution in [3.8, 4) is 0 Å². The number of hydrogen-bond donors (Lipinski definition) is 1. The summed E-state index contributed by atoms with van der Waals surface area (Å²) >= 11 is 0. The Morgan fingerprint density at radius 1 is 1.25 bits per heavy atom. The maximum atomic E-state index is 10.7. The van der Waals surface area contributed by atoms with Gasteiger partial charge in [0.2, 0.25) is 0 Å². The van der Waals surface area contributed by atoms with Crippen molar-refractivity contribution in [1.29, 1.82) is 0 Å². The van der Waals surface area contributed by atoms with Crippen LogP contribution in [0.2, 0.25) is 0 Å². The molecular formula is C17H28N4O3. The summed E-state index contributed by atoms with van der Waals surface area (Å²) in [7, 11) is 2.10. The normalized spacial score (nSPS) is 23.0. The topological polar surface area (TPSA) is 71.0 Å². The molecule has 1 aromatic rings. The number of nitrogens with zero attached hydrogens (tertiary/aromatic N) is 4. The SMILES string of the molecule is Cc1cc(N(C)C2CCN(CC3(O)COCCOC3)CC2)ncn1. The van der Waals surface area contributed by atoms with Gasteiger partial charge in [-0.1, -0.05) is 0 Å². The molecule has 24 heavy (non-hydrogen) atoms. The Bertz CT molecular complexity index is 526. The average molecular weight is 336 g/mol. The molecule has 0 amide bonds. The summed E-state index contributed by atoms with van der Waals surface area (Å²) in [6.45, 7) is 6.35. The molecule has 7 nitrogen and oxygen atoms in total. The molecule has 0 bridgehead atoms. The maximum Gasteiger partial charge on any atom is 0.132 e. The van der Waals surface area contributed by atoms with Crippen molar-refractivity contribution in [1.82, 2.24) is 14.9 Å². The number of ether oxygens (including phenoxy) is 2. The number of aromatic nitrogens is 2. The zero-order valence-corrected chi connectivity index (χ0v) is 14.6. The molecule has 0 saturated carbocycles. The van der Waals surface area contributed by atoms with E-state index in [2.05, 4.69) is 26.8 Å². The van der Waals surface area contributed by atoms with Gasteiger partial charge < -0.3 is 24.4 Å². The van der Waals surface area contributed by atoms with E-state index in [4.69, 9.17) is 9.47 Å². The molecule has 2 aliphatic heterocycles. The van der Waals surface area contributed by atoms with E-state index in [1.165, 1.54) is 0 Å². The molecule has 134 valence electrons. The van der Waals surface area contributed by atoms with E-state index in [-0.39, 0.29) is 0 Å². The van der Waals surface area contributed by atoms with E-state index < -0.39 is 5.60 Å². The molecule has 3 rings (SSSR count). The van der Waals surface area contributed by atoms with E-state index in [9.17, 15) is 5.11 Å². The highest BCUT2D eigenvalue weighted by Gasteiger charge is 2.34. The van der Waals surface area contributed by atoms with Crippen LogP contribution in [0.5, 0.6) is 0 Å². The third-order valence-corrected chi connectivity index (χ3v) is 4.89. The Labute approximate surface area is 143 Å². The predicted octanol–water partition coefficient (Wildman–Crippen LogP) is 0.464. The zero-order chi connectivity index (χ0) is 17.0. The van der Waals surface area contributed by atoms with Gasteiger partial charge in [0.15, 0.2) is 0 Å². The molecular weight excluding hydrogens is 308 g/mol. The molecule has 2 aliphatic rings. The fraction of sp³-hybridized carbons (Fsp3) is 0.765. The smallest absolute Gasteiger partial charge is 0.132 e. The largest absolute Gasteiger partial charge is 0.384 e. The van der Waals surface area contributed by atoms with Gasteiger partial charge in [-0.15, -0.1) is 0 Å². The van der Waals surface area contributed by atoms with Crippen LogP contribution < -0.4 is 4.90 Å². The summed E-state index contributed by atoms with van der Waals surface area (Å²) in [5.74, 6) is 0.977. The summed E-state index contributed by atoms with van der Waals surface area (Å²) in [5.41, 5.74) is 0.0961. The van der Waals surface area contributed by atoms with Crippen LogP contribution in [-0.2, 0) is 9.47 Å². The van der Waals surface area contributed by atoms with E-state index in [0.717, 1.165) is 37.4 Å². The second kappa shape index (κ2) is 7.74. The van der Waals surface area contributed by atoms with Crippen molar-refractivity contribution in [2.45, 2.75) is 31.4 Å². The number of rotatable bonds is 4. The minimum atomic E-state index is -0.890. The Morgan fingerprint density at radius 2 is 1.92 bits per heavy atom. The number of anilines is 1. The van der Waals surface area contributed by atoms with E-state index in [1.807, 2.05) is 13.0 Å². The molecule has 7 heteroatoms. The van der Waals surface area contributed by atoms with Crippen molar-refractivity contribution >= 4 is 5.82 Å². The molecule has 0 unspecified atom stereocenters. The molecule has 0 aliphatic carbocycles. The summed E-state index contributed by atoms with van der Waals surface area (Å²) in [5, 5.41) is 10.7. The van der Waals surface area contributed by atoms with Crippen molar-refractivity contribution in [2.24, 2.45) is 0 Å². The molecule has 0 radical (unpaired) electrons. The minimum absolute atomic E-state index is 0.354. The molecule has 1 N–H and O–H groups in total. The first-order valence-corrected chi connectivity index (χ1v) is 8.67. The van der Waals surface area contributed by atoms with Gasteiger partial charge in [-0.05, 0) is 19.8 Å². The third-order valence-electron chi connectivity index (χ3n) is 4.89. The quantitative estimate of drug-likeness (QED) is 0.857. The maximum absolute atomic E-state index is 10.7. The number of aliphatic hydroxyl groups is 1. The van der Waals surface area contributed by atoms with E-state index >= 15 is 0 Å². The minimum Gasteiger partial charge on any atom is -0.384 e. The molecule has 0 aromatic carbocycles. The number of hydrogen-bond acceptors (Lipinski definition) is 7. The van der Waals surface area contributed by atoms with Crippen LogP contribution in [0.4, 0.5) is 5.82 Å². The summed E-state index contributed by atoms with van der Waals surface area (Å²) in [6.07, 6.45) is 3.73. The van der Waals surface area contributed by atoms with Crippen LogP contribution in [0.3, 0.4) is 0 Å². The van der Waals surface area contributed by atoms with Crippen molar-refractivity contribution in [2.75, 3.05) is 58.0 Å². The number of piperidine rings is 1. The summed E-state index contributed by atoms with van der Waals surface area (Å²) in [6, 6.07) is 2.49. The lowest BCUT2D eigenvalue weighted by molar-refractivity contribution is -0.0767. The third kappa shape index (κ3) is 4.42. The molecule has 3 heterocycles. The van der Waals surface area contributed by atoms with E-state index in [0.29, 0.717) is 39.0 Å². The van der Waals surface area contributed by atoms with Crippen LogP contribution in [0, 0.1) is 6.92 Å². The molecule has 2 fully saturated rings. The highest BCUT2D eigenvalue weighted by molar-refractivity contribution is 5.39. The highest BCUT2D eigenvalue weighted by Crippen LogP contribution is 2.22. The fourth-order valence-corrected chi connectivity index (χ4v) is 3.48. The van der Waals surface area contributed by atoms with Gasteiger partial charge in [-0.2, -0.15) is 0 Å². The van der Waals surface area contributed by atoms with Gasteiger partial charge in [0, 0.05) is 44.5 Å². The average Bonchev–Trinajstić information content (AvgIpc) is 2.79. The van der Waals surface area contributed by atoms with Gasteiger partial charge >= 0.3 is 0 Å². The first-order valence-electron chi connectivity index (χ1n) is 8.67. The Kier molecular flexibility index (Phi) is 5.65. The number of β-amino-alcohol motifs (C(OH)–C–C–N with tert-alkyl or cyclic N) is 1. The number of aryl methyl sites for hydroxylation is 1. The summed E-state index contributed by atoms with van der Waals surface area (Å²) < 4.78 is 10.9. The molecule has 0 spiro atoms. The Hall–Kier alpha value is -1.28. The van der Waals surface area contributed by atoms with Crippen molar-refractivity contribution in [3.05, 3.63) is 18.1 Å². The van der Waals surface area contributed by atoms with Crippen LogP contribution >= 0.6 is 0 Å². The fourth-order valence-electron chi connectivity index (χ4n) is 3.48. The Balaban J connectivity index is 1.52. The van der Waals surface area contributed by atoms with Gasteiger partial charge in [0.05, 0.1) is 26.4 Å². The number of likely N-dealkylation sites (tertiary alicyclic amines) is 1. The lowest BCUT2D eigenvalue weighted by atomic mass is 10.00. The second-order valence-electron chi connectivity index (χ2n) is 6.97. The summed E-state index contributed by atoms with van der Waals surface area (Å²) in [4.78, 5) is 13.1. The molecule has 1 aromatic heterocycles. The second-order valence-corrected chi connectivity index (χ2v) is 6.97. The van der Waals surface area contributed by atoms with Crippen LogP contribution in [0.25, 0.3) is 0 Å². The zero-order valence-electron chi connectivity index (χ0n) is 14.6. The van der Waals surface area contributed by atoms with Crippen LogP contribution in [0.15, 0.2) is 12.4 Å².